The van der Waals surface area contributed by atoms with Gasteiger partial charge in [0.25, 0.3) is 0 Å². The Morgan fingerprint density at radius 1 is 1.43 bits per heavy atom. The molecule has 0 aliphatic carbocycles. The number of carbonyl (C=O) groups excluding carboxylic acids is 1. The van der Waals surface area contributed by atoms with Crippen molar-refractivity contribution in [1.82, 2.24) is 5.32 Å². The third kappa shape index (κ3) is 5.75. The summed E-state index contributed by atoms with van der Waals surface area (Å²) in [6.07, 6.45) is 6.15. The standard InChI is InChI=1S/C11H22N2O/c1-4-6-8-10(7-5-2)13-11(14)9(3)12/h8-9H,4-7,12H2,1-3H3,(H,13,14)/b10-8+/t9-/m0/s1. The van der Waals surface area contributed by atoms with Crippen molar-refractivity contribution in [3.8, 4) is 0 Å². The molecule has 3 heteroatoms. The van der Waals surface area contributed by atoms with E-state index >= 15 is 0 Å². The fraction of sp³-hybridized carbons (Fsp3) is 0.727. The van der Waals surface area contributed by atoms with Crippen LogP contribution in [-0.2, 0) is 4.79 Å². The Kier molecular flexibility index (Phi) is 7.11. The fourth-order valence-electron chi connectivity index (χ4n) is 1.08. The largest absolute Gasteiger partial charge is 0.329 e. The summed E-state index contributed by atoms with van der Waals surface area (Å²) in [4.78, 5) is 11.3. The second-order valence-electron chi connectivity index (χ2n) is 3.55. The summed E-state index contributed by atoms with van der Waals surface area (Å²) in [6, 6.07) is -0.433. The number of amides is 1. The van der Waals surface area contributed by atoms with E-state index in [0.717, 1.165) is 31.4 Å². The van der Waals surface area contributed by atoms with E-state index in [0.29, 0.717) is 0 Å². The molecular weight excluding hydrogens is 176 g/mol. The molecule has 0 unspecified atom stereocenters. The molecular formula is C11H22N2O. The van der Waals surface area contributed by atoms with Gasteiger partial charge in [0, 0.05) is 5.70 Å². The number of unbranched alkanes of at least 4 members (excludes halogenated alkanes) is 1. The molecule has 0 spiro atoms. The van der Waals surface area contributed by atoms with E-state index < -0.39 is 6.04 Å². The monoisotopic (exact) mass is 198 g/mol. The van der Waals surface area contributed by atoms with Gasteiger partial charge < -0.3 is 11.1 Å². The molecule has 14 heavy (non-hydrogen) atoms. The number of hydrogen-bond donors (Lipinski definition) is 2. The highest BCUT2D eigenvalue weighted by molar-refractivity contribution is 5.82. The molecule has 0 radical (unpaired) electrons. The molecule has 0 aliphatic rings. The molecule has 0 aromatic carbocycles. The minimum absolute atomic E-state index is 0.0965. The maximum absolute atomic E-state index is 11.3. The first-order valence-electron chi connectivity index (χ1n) is 5.37. The lowest BCUT2D eigenvalue weighted by Gasteiger charge is -2.10. The van der Waals surface area contributed by atoms with Crippen molar-refractivity contribution >= 4 is 5.91 Å². The normalized spacial score (nSPS) is 13.9. The average molecular weight is 198 g/mol. The quantitative estimate of drug-likeness (QED) is 0.685. The van der Waals surface area contributed by atoms with Gasteiger partial charge in [-0.3, -0.25) is 4.79 Å². The van der Waals surface area contributed by atoms with Crippen molar-refractivity contribution in [2.75, 3.05) is 0 Å². The summed E-state index contributed by atoms with van der Waals surface area (Å²) in [5.74, 6) is -0.0965. The molecule has 3 N–H and O–H groups in total. The molecule has 0 rings (SSSR count). The molecule has 0 saturated carbocycles. The van der Waals surface area contributed by atoms with Gasteiger partial charge in [0.2, 0.25) is 5.91 Å². The maximum Gasteiger partial charge on any atom is 0.240 e. The Balaban J connectivity index is 4.15. The molecule has 1 amide bonds. The fourth-order valence-corrected chi connectivity index (χ4v) is 1.08. The van der Waals surface area contributed by atoms with Gasteiger partial charge in [-0.05, 0) is 19.8 Å². The van der Waals surface area contributed by atoms with Gasteiger partial charge in [-0.15, -0.1) is 0 Å². The van der Waals surface area contributed by atoms with Crippen molar-refractivity contribution in [3.63, 3.8) is 0 Å². The lowest BCUT2D eigenvalue weighted by Crippen LogP contribution is -2.37. The number of carbonyl (C=O) groups is 1. The van der Waals surface area contributed by atoms with E-state index in [9.17, 15) is 4.79 Å². The van der Waals surface area contributed by atoms with E-state index in [4.69, 9.17) is 5.73 Å². The van der Waals surface area contributed by atoms with Crippen LogP contribution in [-0.4, -0.2) is 11.9 Å². The zero-order chi connectivity index (χ0) is 11.0. The number of allylic oxidation sites excluding steroid dienone is 2. The second-order valence-corrected chi connectivity index (χ2v) is 3.55. The van der Waals surface area contributed by atoms with E-state index in [1.165, 1.54) is 0 Å². The van der Waals surface area contributed by atoms with Gasteiger partial charge in [0.1, 0.15) is 0 Å². The van der Waals surface area contributed by atoms with Crippen molar-refractivity contribution < 1.29 is 4.79 Å². The Bertz CT molecular complexity index is 197. The van der Waals surface area contributed by atoms with Gasteiger partial charge in [-0.25, -0.2) is 0 Å². The van der Waals surface area contributed by atoms with Crippen LogP contribution in [0.1, 0.15) is 46.5 Å². The number of nitrogens with two attached hydrogens (primary N) is 1. The van der Waals surface area contributed by atoms with Crippen LogP contribution in [0.3, 0.4) is 0 Å². The van der Waals surface area contributed by atoms with Crippen molar-refractivity contribution in [3.05, 3.63) is 11.8 Å². The van der Waals surface area contributed by atoms with Gasteiger partial charge >= 0.3 is 0 Å². The topological polar surface area (TPSA) is 55.1 Å². The molecule has 3 nitrogen and oxygen atoms in total. The molecule has 0 fully saturated rings. The van der Waals surface area contributed by atoms with Crippen LogP contribution in [0.2, 0.25) is 0 Å². The molecule has 0 heterocycles. The van der Waals surface area contributed by atoms with Crippen molar-refractivity contribution in [2.45, 2.75) is 52.5 Å². The Hall–Kier alpha value is -0.830. The van der Waals surface area contributed by atoms with Gasteiger partial charge in [-0.1, -0.05) is 32.8 Å². The Labute approximate surface area is 86.8 Å². The summed E-state index contributed by atoms with van der Waals surface area (Å²) in [7, 11) is 0. The summed E-state index contributed by atoms with van der Waals surface area (Å²) < 4.78 is 0. The Morgan fingerprint density at radius 3 is 2.50 bits per heavy atom. The predicted octanol–water partition coefficient (Wildman–Crippen LogP) is 1.93. The molecule has 1 atom stereocenters. The van der Waals surface area contributed by atoms with Crippen LogP contribution in [0.4, 0.5) is 0 Å². The average Bonchev–Trinajstić information content (AvgIpc) is 2.14. The van der Waals surface area contributed by atoms with E-state index in [2.05, 4.69) is 25.2 Å². The van der Waals surface area contributed by atoms with Gasteiger partial charge in [-0.2, -0.15) is 0 Å². The van der Waals surface area contributed by atoms with E-state index in [1.54, 1.807) is 6.92 Å². The first-order chi connectivity index (χ1) is 6.61. The van der Waals surface area contributed by atoms with Crippen LogP contribution in [0.25, 0.3) is 0 Å². The minimum Gasteiger partial charge on any atom is -0.329 e. The minimum atomic E-state index is -0.433. The zero-order valence-electron chi connectivity index (χ0n) is 9.47. The molecule has 0 aromatic heterocycles. The summed E-state index contributed by atoms with van der Waals surface area (Å²) in [5.41, 5.74) is 6.48. The third-order valence-corrected chi connectivity index (χ3v) is 1.90. The predicted molar refractivity (Wildman–Crippen MR) is 59.7 cm³/mol. The summed E-state index contributed by atoms with van der Waals surface area (Å²) in [6.45, 7) is 5.91. The van der Waals surface area contributed by atoms with Crippen molar-refractivity contribution in [2.24, 2.45) is 5.73 Å². The van der Waals surface area contributed by atoms with E-state index in [-0.39, 0.29) is 5.91 Å². The lowest BCUT2D eigenvalue weighted by molar-refractivity contribution is -0.121. The van der Waals surface area contributed by atoms with Crippen LogP contribution in [0.5, 0.6) is 0 Å². The van der Waals surface area contributed by atoms with Crippen LogP contribution in [0.15, 0.2) is 11.8 Å². The molecule has 0 aliphatic heterocycles. The van der Waals surface area contributed by atoms with Crippen LogP contribution < -0.4 is 11.1 Å². The van der Waals surface area contributed by atoms with Crippen LogP contribution in [0, 0.1) is 0 Å². The molecule has 0 aromatic rings. The molecule has 0 bridgehead atoms. The van der Waals surface area contributed by atoms with Gasteiger partial charge in [0.15, 0.2) is 0 Å². The van der Waals surface area contributed by atoms with Crippen LogP contribution >= 0.6 is 0 Å². The Morgan fingerprint density at radius 2 is 2.07 bits per heavy atom. The second kappa shape index (κ2) is 7.56. The SMILES string of the molecule is CCC/C=C(\CCC)NC(=O)[C@H](C)N. The third-order valence-electron chi connectivity index (χ3n) is 1.90. The highest BCUT2D eigenvalue weighted by Gasteiger charge is 2.07. The molecule has 0 saturated heterocycles. The van der Waals surface area contributed by atoms with Gasteiger partial charge in [0.05, 0.1) is 6.04 Å². The first kappa shape index (κ1) is 13.2. The highest BCUT2D eigenvalue weighted by atomic mass is 16.2. The van der Waals surface area contributed by atoms with Crippen molar-refractivity contribution in [1.29, 1.82) is 0 Å². The first-order valence-corrected chi connectivity index (χ1v) is 5.37. The summed E-state index contributed by atoms with van der Waals surface area (Å²) >= 11 is 0. The maximum atomic E-state index is 11.3. The number of hydrogen-bond acceptors (Lipinski definition) is 2. The highest BCUT2D eigenvalue weighted by Crippen LogP contribution is 2.04. The number of rotatable bonds is 6. The summed E-state index contributed by atoms with van der Waals surface area (Å²) in [5, 5.41) is 2.85. The van der Waals surface area contributed by atoms with E-state index in [1.807, 2.05) is 0 Å². The zero-order valence-corrected chi connectivity index (χ0v) is 9.47. The molecule has 82 valence electrons. The smallest absolute Gasteiger partial charge is 0.240 e. The lowest BCUT2D eigenvalue weighted by atomic mass is 10.2. The number of nitrogens with one attached hydrogen (secondary N) is 1.